The molecule has 2 aliphatic heterocycles. The third-order valence-electron chi connectivity index (χ3n) is 3.46. The summed E-state index contributed by atoms with van der Waals surface area (Å²) in [5.41, 5.74) is 0. The van der Waals surface area contributed by atoms with Crippen LogP contribution in [0, 0.1) is 0 Å². The summed E-state index contributed by atoms with van der Waals surface area (Å²) in [6.07, 6.45) is 1.36. The maximum absolute atomic E-state index is 5.99. The zero-order chi connectivity index (χ0) is 12.2. The molecule has 0 bridgehead atoms. The lowest BCUT2D eigenvalue weighted by Gasteiger charge is -2.30. The van der Waals surface area contributed by atoms with E-state index in [1.165, 1.54) is 6.42 Å². The van der Waals surface area contributed by atoms with Gasteiger partial charge in [-0.05, 0) is 31.6 Å². The monoisotopic (exact) mass is 248 g/mol. The fraction of sp³-hybridized carbons (Fsp3) is 0.571. The fourth-order valence-corrected chi connectivity index (χ4v) is 2.53. The molecule has 98 valence electrons. The predicted octanol–water partition coefficient (Wildman–Crippen LogP) is 1.12. The first kappa shape index (κ1) is 11.8. The van der Waals surface area contributed by atoms with E-state index in [2.05, 4.69) is 10.2 Å². The Morgan fingerprint density at radius 3 is 3.00 bits per heavy atom. The number of ether oxygens (including phenoxy) is 2. The maximum Gasteiger partial charge on any atom is 0.161 e. The Balaban J connectivity index is 1.58. The molecule has 1 fully saturated rings. The lowest BCUT2D eigenvalue weighted by atomic mass is 10.2. The van der Waals surface area contributed by atoms with Gasteiger partial charge in [0.2, 0.25) is 0 Å². The third-order valence-corrected chi connectivity index (χ3v) is 3.46. The average molecular weight is 248 g/mol. The van der Waals surface area contributed by atoms with Crippen LogP contribution in [0.2, 0.25) is 0 Å². The molecular weight excluding hydrogens is 228 g/mol. The summed E-state index contributed by atoms with van der Waals surface area (Å²) < 4.78 is 11.7. The largest absolute Gasteiger partial charge is 0.486 e. The molecule has 1 unspecified atom stereocenters. The summed E-state index contributed by atoms with van der Waals surface area (Å²) in [7, 11) is 0. The molecule has 4 nitrogen and oxygen atoms in total. The van der Waals surface area contributed by atoms with E-state index in [0.717, 1.165) is 44.2 Å². The summed E-state index contributed by atoms with van der Waals surface area (Å²) in [5.74, 6) is 1.74. The number of hydrogen-bond donors (Lipinski definition) is 1. The number of nitrogens with zero attached hydrogens (tertiary/aromatic N) is 1. The quantitative estimate of drug-likeness (QED) is 0.850. The van der Waals surface area contributed by atoms with E-state index >= 15 is 0 Å². The van der Waals surface area contributed by atoms with Crippen molar-refractivity contribution in [2.24, 2.45) is 0 Å². The molecular formula is C14H20N2O2. The highest BCUT2D eigenvalue weighted by Crippen LogP contribution is 2.30. The SMILES string of the molecule is c1ccc2c(c1)OCC(CN1CCCNCC1)O2. The van der Waals surface area contributed by atoms with Crippen LogP contribution in [0.4, 0.5) is 0 Å². The molecule has 1 aromatic carbocycles. The van der Waals surface area contributed by atoms with E-state index < -0.39 is 0 Å². The van der Waals surface area contributed by atoms with E-state index in [-0.39, 0.29) is 6.10 Å². The minimum Gasteiger partial charge on any atom is -0.486 e. The Morgan fingerprint density at radius 1 is 1.17 bits per heavy atom. The molecule has 2 aliphatic rings. The van der Waals surface area contributed by atoms with E-state index in [9.17, 15) is 0 Å². The molecule has 3 rings (SSSR count). The van der Waals surface area contributed by atoms with Gasteiger partial charge in [-0.3, -0.25) is 4.90 Å². The number of nitrogens with one attached hydrogen (secondary N) is 1. The van der Waals surface area contributed by atoms with Gasteiger partial charge in [-0.15, -0.1) is 0 Å². The molecule has 1 aromatic rings. The van der Waals surface area contributed by atoms with Crippen molar-refractivity contribution in [1.82, 2.24) is 10.2 Å². The molecule has 0 radical (unpaired) electrons. The molecule has 0 saturated carbocycles. The molecule has 18 heavy (non-hydrogen) atoms. The van der Waals surface area contributed by atoms with Gasteiger partial charge in [0.25, 0.3) is 0 Å². The second-order valence-electron chi connectivity index (χ2n) is 4.90. The van der Waals surface area contributed by atoms with E-state index in [1.54, 1.807) is 0 Å². The molecule has 0 aromatic heterocycles. The zero-order valence-corrected chi connectivity index (χ0v) is 10.6. The minimum atomic E-state index is 0.151. The first-order valence-corrected chi connectivity index (χ1v) is 6.73. The fourth-order valence-electron chi connectivity index (χ4n) is 2.53. The summed E-state index contributed by atoms with van der Waals surface area (Å²) in [4.78, 5) is 2.46. The van der Waals surface area contributed by atoms with Crippen LogP contribution >= 0.6 is 0 Å². The van der Waals surface area contributed by atoms with E-state index in [4.69, 9.17) is 9.47 Å². The standard InChI is InChI=1S/C14H20N2O2/c1-2-5-14-13(4-1)17-11-12(18-14)10-16-8-3-6-15-7-9-16/h1-2,4-5,12,15H,3,6-11H2. The Kier molecular flexibility index (Phi) is 3.67. The highest BCUT2D eigenvalue weighted by atomic mass is 16.6. The normalized spacial score (nSPS) is 24.6. The van der Waals surface area contributed by atoms with Crippen LogP contribution in [0.3, 0.4) is 0 Å². The van der Waals surface area contributed by atoms with Gasteiger partial charge in [-0.2, -0.15) is 0 Å². The van der Waals surface area contributed by atoms with Crippen molar-refractivity contribution >= 4 is 0 Å². The number of para-hydroxylation sites is 2. The molecule has 2 heterocycles. The third kappa shape index (κ3) is 2.76. The Hall–Kier alpha value is -1.26. The lowest BCUT2D eigenvalue weighted by Crippen LogP contribution is -2.42. The van der Waals surface area contributed by atoms with E-state index in [1.807, 2.05) is 24.3 Å². The second kappa shape index (κ2) is 5.59. The molecule has 0 aliphatic carbocycles. The summed E-state index contributed by atoms with van der Waals surface area (Å²) in [6, 6.07) is 7.90. The molecule has 4 heteroatoms. The van der Waals surface area contributed by atoms with Crippen LogP contribution in [0.15, 0.2) is 24.3 Å². The topological polar surface area (TPSA) is 33.7 Å². The van der Waals surface area contributed by atoms with Gasteiger partial charge in [0.1, 0.15) is 12.7 Å². The first-order chi connectivity index (χ1) is 8.92. The Morgan fingerprint density at radius 2 is 2.06 bits per heavy atom. The van der Waals surface area contributed by atoms with Crippen molar-refractivity contribution in [1.29, 1.82) is 0 Å². The van der Waals surface area contributed by atoms with Crippen LogP contribution in [0.1, 0.15) is 6.42 Å². The van der Waals surface area contributed by atoms with Crippen molar-refractivity contribution in [3.63, 3.8) is 0 Å². The average Bonchev–Trinajstić information content (AvgIpc) is 2.67. The summed E-state index contributed by atoms with van der Waals surface area (Å²) >= 11 is 0. The van der Waals surface area contributed by atoms with Crippen molar-refractivity contribution < 1.29 is 9.47 Å². The maximum atomic E-state index is 5.99. The lowest BCUT2D eigenvalue weighted by molar-refractivity contribution is 0.0605. The predicted molar refractivity (Wildman–Crippen MR) is 70.3 cm³/mol. The first-order valence-electron chi connectivity index (χ1n) is 6.73. The summed E-state index contributed by atoms with van der Waals surface area (Å²) in [5, 5.41) is 3.42. The van der Waals surface area contributed by atoms with Gasteiger partial charge in [0.05, 0.1) is 0 Å². The number of hydrogen-bond acceptors (Lipinski definition) is 4. The van der Waals surface area contributed by atoms with Crippen LogP contribution in [0.5, 0.6) is 11.5 Å². The molecule has 1 atom stereocenters. The Bertz CT molecular complexity index is 389. The molecule has 1 N–H and O–H groups in total. The van der Waals surface area contributed by atoms with E-state index in [0.29, 0.717) is 6.61 Å². The van der Waals surface area contributed by atoms with Gasteiger partial charge in [0.15, 0.2) is 11.5 Å². The number of rotatable bonds is 2. The summed E-state index contributed by atoms with van der Waals surface area (Å²) in [6.45, 7) is 6.05. The highest BCUT2D eigenvalue weighted by molar-refractivity contribution is 5.40. The van der Waals surface area contributed by atoms with Crippen LogP contribution < -0.4 is 14.8 Å². The molecule has 0 amide bonds. The van der Waals surface area contributed by atoms with Crippen molar-refractivity contribution in [2.75, 3.05) is 39.3 Å². The number of fused-ring (bicyclic) bond motifs is 1. The van der Waals surface area contributed by atoms with Gasteiger partial charge < -0.3 is 14.8 Å². The van der Waals surface area contributed by atoms with Crippen LogP contribution in [0.25, 0.3) is 0 Å². The number of benzene rings is 1. The zero-order valence-electron chi connectivity index (χ0n) is 10.6. The van der Waals surface area contributed by atoms with Gasteiger partial charge in [-0.25, -0.2) is 0 Å². The second-order valence-corrected chi connectivity index (χ2v) is 4.90. The molecule has 1 saturated heterocycles. The highest BCUT2D eigenvalue weighted by Gasteiger charge is 2.23. The van der Waals surface area contributed by atoms with Crippen molar-refractivity contribution in [3.8, 4) is 11.5 Å². The van der Waals surface area contributed by atoms with Crippen molar-refractivity contribution in [3.05, 3.63) is 24.3 Å². The van der Waals surface area contributed by atoms with Crippen LogP contribution in [-0.4, -0.2) is 50.3 Å². The minimum absolute atomic E-state index is 0.151. The van der Waals surface area contributed by atoms with Gasteiger partial charge in [-0.1, -0.05) is 12.1 Å². The smallest absolute Gasteiger partial charge is 0.161 e. The van der Waals surface area contributed by atoms with Gasteiger partial charge >= 0.3 is 0 Å². The Labute approximate surface area is 108 Å². The van der Waals surface area contributed by atoms with Gasteiger partial charge in [0, 0.05) is 19.6 Å². The van der Waals surface area contributed by atoms with Crippen molar-refractivity contribution in [2.45, 2.75) is 12.5 Å². The molecule has 0 spiro atoms. The van der Waals surface area contributed by atoms with Crippen LogP contribution in [-0.2, 0) is 0 Å².